The van der Waals surface area contributed by atoms with Gasteiger partial charge in [-0.3, -0.25) is 9.69 Å². The lowest BCUT2D eigenvalue weighted by Gasteiger charge is -2.41. The van der Waals surface area contributed by atoms with Gasteiger partial charge in [0, 0.05) is 58.3 Å². The van der Waals surface area contributed by atoms with E-state index in [4.69, 9.17) is 9.47 Å². The lowest BCUT2D eigenvalue weighted by molar-refractivity contribution is -0.123. The van der Waals surface area contributed by atoms with Crippen molar-refractivity contribution < 1.29 is 22.7 Å². The third-order valence-electron chi connectivity index (χ3n) is 7.43. The van der Waals surface area contributed by atoms with Gasteiger partial charge in [-0.15, -0.1) is 0 Å². The Morgan fingerprint density at radius 1 is 1.11 bits per heavy atom. The number of hydrogen-bond donors (Lipinski definition) is 1. The molecular formula is C26H44N4O5S. The first-order valence-corrected chi connectivity index (χ1v) is 14.5. The molecule has 0 spiro atoms. The van der Waals surface area contributed by atoms with Gasteiger partial charge < -0.3 is 19.7 Å². The minimum absolute atomic E-state index is 0.00415. The van der Waals surface area contributed by atoms with Gasteiger partial charge in [-0.2, -0.15) is 4.31 Å². The predicted molar refractivity (Wildman–Crippen MR) is 141 cm³/mol. The van der Waals surface area contributed by atoms with Crippen molar-refractivity contribution in [3.8, 4) is 5.75 Å². The van der Waals surface area contributed by atoms with Crippen molar-refractivity contribution in [1.82, 2.24) is 19.4 Å². The molecule has 1 aliphatic heterocycles. The number of carbonyl (C=O) groups excluding carboxylic acids is 1. The molecule has 1 aromatic rings. The molecule has 2 fully saturated rings. The van der Waals surface area contributed by atoms with Crippen LogP contribution in [0.3, 0.4) is 0 Å². The monoisotopic (exact) mass is 524 g/mol. The second-order valence-corrected chi connectivity index (χ2v) is 12.2. The highest BCUT2D eigenvalue weighted by atomic mass is 32.2. The van der Waals surface area contributed by atoms with Crippen molar-refractivity contribution in [2.24, 2.45) is 0 Å². The minimum Gasteiger partial charge on any atom is -0.497 e. The SMILES string of the molecule is COc1cc(C)c(S(=O)(=O)N(C)CCOCCC(=O)NC2CCCC(N3CCN(C)CC3)C2)c(C)c1. The van der Waals surface area contributed by atoms with Gasteiger partial charge in [0.1, 0.15) is 5.75 Å². The fraction of sp³-hybridized carbons (Fsp3) is 0.731. The zero-order chi connectivity index (χ0) is 26.3. The Morgan fingerprint density at radius 3 is 2.42 bits per heavy atom. The Balaban J connectivity index is 1.37. The number of amides is 1. The summed E-state index contributed by atoms with van der Waals surface area (Å²) in [5.74, 6) is 0.640. The first-order valence-electron chi connectivity index (χ1n) is 13.0. The van der Waals surface area contributed by atoms with Crippen LogP contribution in [-0.4, -0.2) is 108 Å². The summed E-state index contributed by atoms with van der Waals surface area (Å²) in [4.78, 5) is 17.7. The normalized spacial score (nSPS) is 22.1. The van der Waals surface area contributed by atoms with Gasteiger partial charge in [-0.25, -0.2) is 8.42 Å². The summed E-state index contributed by atoms with van der Waals surface area (Å²) < 4.78 is 38.3. The Kier molecular flexibility index (Phi) is 10.6. The Hall–Kier alpha value is -1.72. The van der Waals surface area contributed by atoms with Crippen LogP contribution in [0.1, 0.15) is 43.2 Å². The summed E-state index contributed by atoms with van der Waals surface area (Å²) in [7, 11) is 1.63. The number of rotatable bonds is 11. The van der Waals surface area contributed by atoms with Crippen LogP contribution in [0.15, 0.2) is 17.0 Å². The van der Waals surface area contributed by atoms with Crippen LogP contribution >= 0.6 is 0 Å². The van der Waals surface area contributed by atoms with Crippen molar-refractivity contribution in [2.75, 3.05) is 67.1 Å². The molecule has 0 radical (unpaired) electrons. The number of sulfonamides is 1. The molecule has 10 heteroatoms. The van der Waals surface area contributed by atoms with Crippen molar-refractivity contribution >= 4 is 15.9 Å². The highest BCUT2D eigenvalue weighted by Gasteiger charge is 2.29. The highest BCUT2D eigenvalue weighted by molar-refractivity contribution is 7.89. The molecule has 1 amide bonds. The maximum absolute atomic E-state index is 13.1. The third kappa shape index (κ3) is 7.64. The summed E-state index contributed by atoms with van der Waals surface area (Å²) in [6.07, 6.45) is 4.69. The molecule has 1 saturated heterocycles. The van der Waals surface area contributed by atoms with Crippen LogP contribution in [-0.2, 0) is 19.6 Å². The van der Waals surface area contributed by atoms with E-state index in [1.807, 2.05) is 0 Å². The van der Waals surface area contributed by atoms with Gasteiger partial charge in [-0.1, -0.05) is 0 Å². The number of nitrogens with zero attached hydrogens (tertiary/aromatic N) is 3. The van der Waals surface area contributed by atoms with Gasteiger partial charge in [0.15, 0.2) is 0 Å². The number of methoxy groups -OCH3 is 1. The molecule has 2 unspecified atom stereocenters. The average molecular weight is 525 g/mol. The topological polar surface area (TPSA) is 91.4 Å². The summed E-state index contributed by atoms with van der Waals surface area (Å²) in [6, 6.07) is 4.23. The smallest absolute Gasteiger partial charge is 0.243 e. The van der Waals surface area contributed by atoms with Crippen LogP contribution in [0.4, 0.5) is 0 Å². The Bertz CT molecular complexity index is 956. The van der Waals surface area contributed by atoms with E-state index in [2.05, 4.69) is 22.2 Å². The second kappa shape index (κ2) is 13.2. The van der Waals surface area contributed by atoms with Crippen molar-refractivity contribution in [2.45, 2.75) is 62.9 Å². The van der Waals surface area contributed by atoms with E-state index >= 15 is 0 Å². The van der Waals surface area contributed by atoms with Crippen LogP contribution < -0.4 is 10.1 Å². The summed E-state index contributed by atoms with van der Waals surface area (Å²) in [6.45, 7) is 8.69. The molecule has 1 saturated carbocycles. The maximum Gasteiger partial charge on any atom is 0.243 e. The molecule has 204 valence electrons. The van der Waals surface area contributed by atoms with Gasteiger partial charge in [-0.05, 0) is 69.8 Å². The Morgan fingerprint density at radius 2 is 1.78 bits per heavy atom. The second-order valence-electron chi connectivity index (χ2n) is 10.2. The van der Waals surface area contributed by atoms with E-state index in [9.17, 15) is 13.2 Å². The number of piperazine rings is 1. The van der Waals surface area contributed by atoms with E-state index in [0.29, 0.717) is 27.8 Å². The number of hydrogen-bond acceptors (Lipinski definition) is 7. The lowest BCUT2D eigenvalue weighted by Crippen LogP contribution is -2.52. The quantitative estimate of drug-likeness (QED) is 0.443. The summed E-state index contributed by atoms with van der Waals surface area (Å²) in [5.41, 5.74) is 1.29. The first kappa shape index (κ1) is 28.8. The molecule has 1 aliphatic carbocycles. The zero-order valence-electron chi connectivity index (χ0n) is 22.6. The van der Waals surface area contributed by atoms with Crippen LogP contribution in [0.25, 0.3) is 0 Å². The van der Waals surface area contributed by atoms with E-state index < -0.39 is 10.0 Å². The van der Waals surface area contributed by atoms with E-state index in [-0.39, 0.29) is 38.1 Å². The van der Waals surface area contributed by atoms with Gasteiger partial charge in [0.2, 0.25) is 15.9 Å². The number of carbonyl (C=O) groups is 1. The fourth-order valence-electron chi connectivity index (χ4n) is 5.28. The van der Waals surface area contributed by atoms with Crippen LogP contribution in [0.2, 0.25) is 0 Å². The molecule has 0 bridgehead atoms. The predicted octanol–water partition coefficient (Wildman–Crippen LogP) is 2.01. The lowest BCUT2D eigenvalue weighted by atomic mass is 9.89. The molecule has 1 N–H and O–H groups in total. The van der Waals surface area contributed by atoms with Gasteiger partial charge in [0.05, 0.1) is 25.2 Å². The molecule has 0 aromatic heterocycles. The largest absolute Gasteiger partial charge is 0.497 e. The molecular weight excluding hydrogens is 480 g/mol. The number of ether oxygens (including phenoxy) is 2. The van der Waals surface area contributed by atoms with E-state index in [1.165, 1.54) is 10.7 Å². The van der Waals surface area contributed by atoms with Crippen molar-refractivity contribution in [1.29, 1.82) is 0 Å². The fourth-order valence-corrected chi connectivity index (χ4v) is 6.84. The molecule has 9 nitrogen and oxygen atoms in total. The third-order valence-corrected chi connectivity index (χ3v) is 9.59. The molecule has 2 atom stereocenters. The molecule has 3 rings (SSSR count). The molecule has 36 heavy (non-hydrogen) atoms. The van der Waals surface area contributed by atoms with Gasteiger partial charge in [0.25, 0.3) is 0 Å². The number of likely N-dealkylation sites (N-methyl/N-ethyl adjacent to an activating group) is 2. The van der Waals surface area contributed by atoms with Crippen molar-refractivity contribution in [3.63, 3.8) is 0 Å². The van der Waals surface area contributed by atoms with Gasteiger partial charge >= 0.3 is 0 Å². The molecule has 1 heterocycles. The van der Waals surface area contributed by atoms with Crippen LogP contribution in [0.5, 0.6) is 5.75 Å². The number of nitrogens with one attached hydrogen (secondary N) is 1. The Labute approximate surface area is 217 Å². The standard InChI is InChI=1S/C26H44N4O5S/c1-20-17-24(34-5)18-21(2)26(20)36(32,33)29(4)14-16-35-15-9-25(31)27-22-7-6-8-23(19-22)30-12-10-28(3)11-13-30/h17-18,22-23H,6-16,19H2,1-5H3,(H,27,31). The molecule has 1 aromatic carbocycles. The van der Waals surface area contributed by atoms with Crippen LogP contribution in [0, 0.1) is 13.8 Å². The average Bonchev–Trinajstić information content (AvgIpc) is 2.83. The highest BCUT2D eigenvalue weighted by Crippen LogP contribution is 2.28. The number of aryl methyl sites for hydroxylation is 2. The van der Waals surface area contributed by atoms with E-state index in [1.54, 1.807) is 40.1 Å². The summed E-state index contributed by atoms with van der Waals surface area (Å²) in [5, 5.41) is 3.19. The summed E-state index contributed by atoms with van der Waals surface area (Å²) >= 11 is 0. The minimum atomic E-state index is -3.65. The van der Waals surface area contributed by atoms with E-state index in [0.717, 1.165) is 45.4 Å². The van der Waals surface area contributed by atoms with Crippen molar-refractivity contribution in [3.05, 3.63) is 23.3 Å². The molecule has 2 aliphatic rings. The zero-order valence-corrected chi connectivity index (χ0v) is 23.4. The number of benzene rings is 1. The maximum atomic E-state index is 13.1. The first-order chi connectivity index (χ1) is 17.1.